The molecule has 0 radical (unpaired) electrons. The Morgan fingerprint density at radius 3 is 2.39 bits per heavy atom. The molecule has 0 aliphatic rings. The Balaban J connectivity index is 1.50. The highest BCUT2D eigenvalue weighted by atomic mass is 16.2. The number of aryl methyl sites for hydroxylation is 1. The van der Waals surface area contributed by atoms with E-state index in [0.717, 1.165) is 33.0 Å². The minimum Gasteiger partial charge on any atom is -0.399 e. The molecule has 33 heavy (non-hydrogen) atoms. The Hall–Kier alpha value is -4.12. The molecule has 0 saturated carbocycles. The van der Waals surface area contributed by atoms with Crippen LogP contribution in [0.2, 0.25) is 0 Å². The van der Waals surface area contributed by atoms with Gasteiger partial charge in [0.15, 0.2) is 0 Å². The van der Waals surface area contributed by atoms with Crippen molar-refractivity contribution in [3.8, 4) is 0 Å². The molecule has 166 valence electrons. The molecule has 5 nitrogen and oxygen atoms in total. The number of benzene rings is 4. The minimum atomic E-state index is -0.788. The summed E-state index contributed by atoms with van der Waals surface area (Å²) in [4.78, 5) is 26.1. The first-order chi connectivity index (χ1) is 16.0. The Morgan fingerprint density at radius 1 is 0.879 bits per heavy atom. The maximum absolute atomic E-state index is 13.1. The van der Waals surface area contributed by atoms with Gasteiger partial charge in [0.05, 0.1) is 6.42 Å². The van der Waals surface area contributed by atoms with Crippen LogP contribution in [0.1, 0.15) is 28.3 Å². The summed E-state index contributed by atoms with van der Waals surface area (Å²) in [6.45, 7) is 2.28. The third-order valence-electron chi connectivity index (χ3n) is 5.73. The Bertz CT molecular complexity index is 1280. The maximum atomic E-state index is 13.1. The first-order valence-corrected chi connectivity index (χ1v) is 10.9. The molecule has 4 aromatic rings. The lowest BCUT2D eigenvalue weighted by Crippen LogP contribution is -2.40. The van der Waals surface area contributed by atoms with Gasteiger partial charge in [-0.25, -0.2) is 0 Å². The van der Waals surface area contributed by atoms with Gasteiger partial charge in [-0.1, -0.05) is 84.9 Å². The van der Waals surface area contributed by atoms with Crippen LogP contribution < -0.4 is 16.4 Å². The van der Waals surface area contributed by atoms with E-state index in [1.165, 1.54) is 0 Å². The fourth-order valence-electron chi connectivity index (χ4n) is 3.92. The first kappa shape index (κ1) is 22.1. The average molecular weight is 438 g/mol. The van der Waals surface area contributed by atoms with Gasteiger partial charge in [-0.2, -0.15) is 0 Å². The zero-order valence-electron chi connectivity index (χ0n) is 18.5. The summed E-state index contributed by atoms with van der Waals surface area (Å²) in [5, 5.41) is 8.00. The number of carbonyl (C=O) groups is 2. The van der Waals surface area contributed by atoms with Crippen molar-refractivity contribution < 1.29 is 9.59 Å². The summed E-state index contributed by atoms with van der Waals surface area (Å²) in [7, 11) is 0. The van der Waals surface area contributed by atoms with Crippen molar-refractivity contribution in [2.24, 2.45) is 0 Å². The second-order valence-corrected chi connectivity index (χ2v) is 8.14. The molecule has 4 rings (SSSR count). The number of nitrogens with one attached hydrogen (secondary N) is 2. The third kappa shape index (κ3) is 5.39. The average Bonchev–Trinajstić information content (AvgIpc) is 2.84. The molecule has 0 spiro atoms. The monoisotopic (exact) mass is 437 g/mol. The van der Waals surface area contributed by atoms with Crippen LogP contribution in [0.5, 0.6) is 0 Å². The smallest absolute Gasteiger partial charge is 0.247 e. The molecule has 1 atom stereocenters. The van der Waals surface area contributed by atoms with E-state index >= 15 is 0 Å². The van der Waals surface area contributed by atoms with Crippen molar-refractivity contribution in [1.29, 1.82) is 0 Å². The van der Waals surface area contributed by atoms with E-state index in [9.17, 15) is 9.59 Å². The highest BCUT2D eigenvalue weighted by Crippen LogP contribution is 2.20. The highest BCUT2D eigenvalue weighted by molar-refractivity contribution is 5.93. The molecule has 0 fully saturated rings. The topological polar surface area (TPSA) is 84.2 Å². The van der Waals surface area contributed by atoms with Gasteiger partial charge in [-0.05, 0) is 46.0 Å². The Kier molecular flexibility index (Phi) is 6.69. The molecule has 2 amide bonds. The van der Waals surface area contributed by atoms with Gasteiger partial charge in [0.2, 0.25) is 11.8 Å². The van der Waals surface area contributed by atoms with Crippen molar-refractivity contribution in [2.75, 3.05) is 5.73 Å². The number of rotatable bonds is 7. The normalized spacial score (nSPS) is 11.7. The summed E-state index contributed by atoms with van der Waals surface area (Å²) >= 11 is 0. The van der Waals surface area contributed by atoms with E-state index in [1.54, 1.807) is 0 Å². The Labute approximate surface area is 193 Å². The van der Waals surface area contributed by atoms with Crippen LogP contribution in [0.3, 0.4) is 0 Å². The molecule has 0 aliphatic heterocycles. The summed E-state index contributed by atoms with van der Waals surface area (Å²) in [5.41, 5.74) is 10.2. The van der Waals surface area contributed by atoms with Gasteiger partial charge >= 0.3 is 0 Å². The van der Waals surface area contributed by atoms with Gasteiger partial charge in [0.1, 0.15) is 6.04 Å². The van der Waals surface area contributed by atoms with Crippen molar-refractivity contribution in [1.82, 2.24) is 10.6 Å². The molecule has 0 aliphatic carbocycles. The number of nitrogen functional groups attached to an aromatic ring is 1. The van der Waals surface area contributed by atoms with E-state index in [1.807, 2.05) is 97.9 Å². The Morgan fingerprint density at radius 2 is 1.61 bits per heavy atom. The molecular formula is C28H27N3O2. The van der Waals surface area contributed by atoms with Crippen LogP contribution in [0.25, 0.3) is 10.8 Å². The molecule has 0 bridgehead atoms. The number of hydrogen-bond donors (Lipinski definition) is 3. The fraction of sp³-hybridized carbons (Fsp3) is 0.143. The molecule has 0 saturated heterocycles. The molecule has 5 heteroatoms. The van der Waals surface area contributed by atoms with E-state index in [2.05, 4.69) is 10.6 Å². The van der Waals surface area contributed by atoms with E-state index in [4.69, 9.17) is 5.73 Å². The maximum Gasteiger partial charge on any atom is 0.247 e. The second kappa shape index (κ2) is 10.0. The van der Waals surface area contributed by atoms with Crippen LogP contribution in [-0.2, 0) is 22.6 Å². The van der Waals surface area contributed by atoms with Crippen molar-refractivity contribution >= 4 is 28.3 Å². The lowest BCUT2D eigenvalue weighted by Gasteiger charge is -2.19. The van der Waals surface area contributed by atoms with Gasteiger partial charge in [-0.15, -0.1) is 0 Å². The lowest BCUT2D eigenvalue weighted by molar-refractivity contribution is -0.129. The predicted molar refractivity (Wildman–Crippen MR) is 132 cm³/mol. The van der Waals surface area contributed by atoms with E-state index < -0.39 is 6.04 Å². The number of anilines is 1. The van der Waals surface area contributed by atoms with Gasteiger partial charge < -0.3 is 16.4 Å². The summed E-state index contributed by atoms with van der Waals surface area (Å²) < 4.78 is 0. The summed E-state index contributed by atoms with van der Waals surface area (Å²) in [5.74, 6) is -0.472. The minimum absolute atomic E-state index is 0.190. The van der Waals surface area contributed by atoms with Crippen LogP contribution >= 0.6 is 0 Å². The van der Waals surface area contributed by atoms with E-state index in [-0.39, 0.29) is 18.2 Å². The first-order valence-electron chi connectivity index (χ1n) is 10.9. The van der Waals surface area contributed by atoms with Crippen LogP contribution in [0.4, 0.5) is 5.69 Å². The van der Waals surface area contributed by atoms with Gasteiger partial charge in [0, 0.05) is 12.2 Å². The fourth-order valence-corrected chi connectivity index (χ4v) is 3.92. The van der Waals surface area contributed by atoms with Crippen molar-refractivity contribution in [3.63, 3.8) is 0 Å². The standard InChI is InChI=1S/C28H27N3O2/c1-19-16-20(14-15-25(19)29)18-30-28(33)27(22-9-3-2-4-10-22)31-26(32)17-23-12-7-11-21-8-5-6-13-24(21)23/h2-16,27H,17-18,29H2,1H3,(H,30,33)(H,31,32). The van der Waals surface area contributed by atoms with Crippen LogP contribution in [-0.4, -0.2) is 11.8 Å². The number of amides is 2. The van der Waals surface area contributed by atoms with Crippen LogP contribution in [0.15, 0.2) is 91.0 Å². The summed E-state index contributed by atoms with van der Waals surface area (Å²) in [6.07, 6.45) is 0.190. The molecule has 1 unspecified atom stereocenters. The number of carbonyl (C=O) groups excluding carboxylic acids is 2. The zero-order chi connectivity index (χ0) is 23.2. The van der Waals surface area contributed by atoms with Crippen molar-refractivity contribution in [3.05, 3.63) is 113 Å². The summed E-state index contributed by atoms with van der Waals surface area (Å²) in [6, 6.07) is 28.0. The zero-order valence-corrected chi connectivity index (χ0v) is 18.5. The highest BCUT2D eigenvalue weighted by Gasteiger charge is 2.23. The molecule has 4 N–H and O–H groups in total. The van der Waals surface area contributed by atoms with Gasteiger partial charge in [-0.3, -0.25) is 9.59 Å². The number of hydrogen-bond acceptors (Lipinski definition) is 3. The molecule has 4 aromatic carbocycles. The van der Waals surface area contributed by atoms with Gasteiger partial charge in [0.25, 0.3) is 0 Å². The predicted octanol–water partition coefficient (Wildman–Crippen LogP) is 4.45. The third-order valence-corrected chi connectivity index (χ3v) is 5.73. The SMILES string of the molecule is Cc1cc(CNC(=O)C(NC(=O)Cc2cccc3ccccc23)c2ccccc2)ccc1N. The quantitative estimate of drug-likeness (QED) is 0.374. The lowest BCUT2D eigenvalue weighted by atomic mass is 10.0. The number of nitrogens with two attached hydrogens (primary N) is 1. The largest absolute Gasteiger partial charge is 0.399 e. The van der Waals surface area contributed by atoms with Crippen LogP contribution in [0, 0.1) is 6.92 Å². The number of fused-ring (bicyclic) bond motifs is 1. The molecule has 0 heterocycles. The van der Waals surface area contributed by atoms with Crippen molar-refractivity contribution in [2.45, 2.75) is 25.9 Å². The van der Waals surface area contributed by atoms with E-state index in [0.29, 0.717) is 12.2 Å². The molecular weight excluding hydrogens is 410 g/mol. The second-order valence-electron chi connectivity index (χ2n) is 8.14. The molecule has 0 aromatic heterocycles.